The number of likely N-dealkylation sites (tertiary alicyclic amines) is 1. The quantitative estimate of drug-likeness (QED) is 0.747. The van der Waals surface area contributed by atoms with Crippen LogP contribution in [0.25, 0.3) is 0 Å². The minimum absolute atomic E-state index is 0.883. The molecular weight excluding hydrogens is 228 g/mol. The Balaban J connectivity index is 1.95. The highest BCUT2D eigenvalue weighted by atomic mass is 79.9. The van der Waals surface area contributed by atoms with Gasteiger partial charge in [0.2, 0.25) is 0 Å². The Kier molecular flexibility index (Phi) is 5.67. The first-order valence-electron chi connectivity index (χ1n) is 5.05. The molecular formula is C10H19BrN2. The van der Waals surface area contributed by atoms with Gasteiger partial charge in [-0.2, -0.15) is 0 Å². The van der Waals surface area contributed by atoms with E-state index in [2.05, 4.69) is 32.7 Å². The maximum atomic E-state index is 3.78. The van der Waals surface area contributed by atoms with Crippen molar-refractivity contribution in [3.05, 3.63) is 11.1 Å². The molecule has 1 saturated heterocycles. The van der Waals surface area contributed by atoms with Gasteiger partial charge in [0.25, 0.3) is 0 Å². The van der Waals surface area contributed by atoms with Gasteiger partial charge in [-0.3, -0.25) is 0 Å². The SMILES string of the molecule is C=C(Br)CNCCN1CCCCC1. The summed E-state index contributed by atoms with van der Waals surface area (Å²) in [6.07, 6.45) is 4.18. The van der Waals surface area contributed by atoms with Crippen molar-refractivity contribution in [2.45, 2.75) is 19.3 Å². The van der Waals surface area contributed by atoms with E-state index in [0.717, 1.165) is 17.6 Å². The lowest BCUT2D eigenvalue weighted by atomic mass is 10.1. The number of nitrogens with one attached hydrogen (secondary N) is 1. The molecule has 0 unspecified atom stereocenters. The summed E-state index contributed by atoms with van der Waals surface area (Å²) in [5, 5.41) is 3.34. The minimum Gasteiger partial charge on any atom is -0.311 e. The van der Waals surface area contributed by atoms with Crippen LogP contribution < -0.4 is 5.32 Å². The van der Waals surface area contributed by atoms with Gasteiger partial charge in [0, 0.05) is 24.1 Å². The molecule has 0 aliphatic carbocycles. The first-order chi connectivity index (χ1) is 6.29. The van der Waals surface area contributed by atoms with Crippen LogP contribution in [0.1, 0.15) is 19.3 Å². The zero-order valence-electron chi connectivity index (χ0n) is 8.19. The monoisotopic (exact) mass is 246 g/mol. The van der Waals surface area contributed by atoms with Crippen molar-refractivity contribution in [2.75, 3.05) is 32.7 Å². The standard InChI is InChI=1S/C10H19BrN2/c1-10(11)9-12-5-8-13-6-3-2-4-7-13/h12H,1-9H2. The highest BCUT2D eigenvalue weighted by molar-refractivity contribution is 9.11. The molecule has 0 radical (unpaired) electrons. The molecule has 0 amide bonds. The zero-order valence-corrected chi connectivity index (χ0v) is 9.78. The van der Waals surface area contributed by atoms with Crippen LogP contribution in [0.2, 0.25) is 0 Å². The van der Waals surface area contributed by atoms with Crippen molar-refractivity contribution in [3.63, 3.8) is 0 Å². The second-order valence-corrected chi connectivity index (χ2v) is 4.72. The van der Waals surface area contributed by atoms with Crippen molar-refractivity contribution in [1.29, 1.82) is 0 Å². The fourth-order valence-corrected chi connectivity index (χ4v) is 1.84. The third-order valence-electron chi connectivity index (χ3n) is 2.37. The summed E-state index contributed by atoms with van der Waals surface area (Å²) >= 11 is 3.33. The fourth-order valence-electron chi connectivity index (χ4n) is 1.64. The molecule has 1 rings (SSSR count). The van der Waals surface area contributed by atoms with Crippen molar-refractivity contribution >= 4 is 15.9 Å². The maximum Gasteiger partial charge on any atom is 0.0266 e. The average molecular weight is 247 g/mol. The molecule has 0 saturated carbocycles. The first kappa shape index (κ1) is 11.2. The largest absolute Gasteiger partial charge is 0.311 e. The van der Waals surface area contributed by atoms with Crippen molar-refractivity contribution in [1.82, 2.24) is 10.2 Å². The Labute approximate surface area is 89.5 Å². The third-order valence-corrected chi connectivity index (χ3v) is 2.65. The van der Waals surface area contributed by atoms with Crippen LogP contribution in [0.4, 0.5) is 0 Å². The molecule has 1 heterocycles. The van der Waals surface area contributed by atoms with Crippen LogP contribution in [0.3, 0.4) is 0 Å². The van der Waals surface area contributed by atoms with Crippen LogP contribution in [0.5, 0.6) is 0 Å². The molecule has 0 aromatic rings. The molecule has 0 bridgehead atoms. The van der Waals surface area contributed by atoms with Crippen molar-refractivity contribution in [2.24, 2.45) is 0 Å². The normalized spacial score (nSPS) is 18.8. The van der Waals surface area contributed by atoms with E-state index in [1.54, 1.807) is 0 Å². The van der Waals surface area contributed by atoms with Gasteiger partial charge in [0.15, 0.2) is 0 Å². The number of hydrogen-bond acceptors (Lipinski definition) is 2. The van der Waals surface area contributed by atoms with Crippen LogP contribution in [-0.2, 0) is 0 Å². The van der Waals surface area contributed by atoms with Crippen LogP contribution in [0, 0.1) is 0 Å². The highest BCUT2D eigenvalue weighted by Crippen LogP contribution is 2.07. The summed E-state index contributed by atoms with van der Waals surface area (Å²) in [6, 6.07) is 0. The molecule has 1 aliphatic rings. The molecule has 13 heavy (non-hydrogen) atoms. The van der Waals surface area contributed by atoms with E-state index >= 15 is 0 Å². The van der Waals surface area contributed by atoms with E-state index in [1.807, 2.05) is 0 Å². The molecule has 2 nitrogen and oxygen atoms in total. The Morgan fingerprint density at radius 3 is 2.62 bits per heavy atom. The van der Waals surface area contributed by atoms with E-state index in [4.69, 9.17) is 0 Å². The Morgan fingerprint density at radius 1 is 1.31 bits per heavy atom. The lowest BCUT2D eigenvalue weighted by molar-refractivity contribution is 0.230. The number of piperidine rings is 1. The van der Waals surface area contributed by atoms with Gasteiger partial charge in [0.05, 0.1) is 0 Å². The molecule has 0 spiro atoms. The molecule has 0 atom stereocenters. The molecule has 1 N–H and O–H groups in total. The maximum absolute atomic E-state index is 3.78. The van der Waals surface area contributed by atoms with Gasteiger partial charge in [-0.1, -0.05) is 28.9 Å². The van der Waals surface area contributed by atoms with E-state index in [9.17, 15) is 0 Å². The van der Waals surface area contributed by atoms with E-state index < -0.39 is 0 Å². The van der Waals surface area contributed by atoms with Gasteiger partial charge in [0.1, 0.15) is 0 Å². The lowest BCUT2D eigenvalue weighted by Gasteiger charge is -2.26. The summed E-state index contributed by atoms with van der Waals surface area (Å²) in [6.45, 7) is 9.49. The van der Waals surface area contributed by atoms with Gasteiger partial charge >= 0.3 is 0 Å². The topological polar surface area (TPSA) is 15.3 Å². The Hall–Kier alpha value is 0.140. The summed E-state index contributed by atoms with van der Waals surface area (Å²) in [5.41, 5.74) is 0. The van der Waals surface area contributed by atoms with Gasteiger partial charge in [-0.15, -0.1) is 0 Å². The number of nitrogens with zero attached hydrogens (tertiary/aromatic N) is 1. The van der Waals surface area contributed by atoms with Gasteiger partial charge < -0.3 is 10.2 Å². The number of rotatable bonds is 5. The van der Waals surface area contributed by atoms with E-state index in [-0.39, 0.29) is 0 Å². The van der Waals surface area contributed by atoms with Crippen molar-refractivity contribution in [3.8, 4) is 0 Å². The predicted molar refractivity (Wildman–Crippen MR) is 61.2 cm³/mol. The van der Waals surface area contributed by atoms with E-state index in [1.165, 1.54) is 38.9 Å². The van der Waals surface area contributed by atoms with Crippen molar-refractivity contribution < 1.29 is 0 Å². The van der Waals surface area contributed by atoms with Crippen LogP contribution >= 0.6 is 15.9 Å². The molecule has 3 heteroatoms. The summed E-state index contributed by atoms with van der Waals surface area (Å²) < 4.78 is 1.03. The fraction of sp³-hybridized carbons (Fsp3) is 0.800. The number of hydrogen-bond donors (Lipinski definition) is 1. The summed E-state index contributed by atoms with van der Waals surface area (Å²) in [5.74, 6) is 0. The molecule has 0 aromatic carbocycles. The van der Waals surface area contributed by atoms with Crippen LogP contribution in [-0.4, -0.2) is 37.6 Å². The molecule has 0 aromatic heterocycles. The molecule has 1 fully saturated rings. The Morgan fingerprint density at radius 2 is 2.00 bits per heavy atom. The second kappa shape index (κ2) is 6.57. The molecule has 76 valence electrons. The molecule has 1 aliphatic heterocycles. The first-order valence-corrected chi connectivity index (χ1v) is 5.84. The second-order valence-electron chi connectivity index (χ2n) is 3.60. The van der Waals surface area contributed by atoms with Gasteiger partial charge in [-0.25, -0.2) is 0 Å². The predicted octanol–water partition coefficient (Wildman–Crippen LogP) is 1.97. The number of halogens is 1. The Bertz CT molecular complexity index is 153. The average Bonchev–Trinajstić information content (AvgIpc) is 2.14. The third kappa shape index (κ3) is 5.45. The summed E-state index contributed by atoms with van der Waals surface area (Å²) in [4.78, 5) is 2.54. The highest BCUT2D eigenvalue weighted by Gasteiger charge is 2.08. The van der Waals surface area contributed by atoms with Gasteiger partial charge in [-0.05, 0) is 25.9 Å². The van der Waals surface area contributed by atoms with E-state index in [0.29, 0.717) is 0 Å². The zero-order chi connectivity index (χ0) is 9.52. The summed E-state index contributed by atoms with van der Waals surface area (Å²) in [7, 11) is 0. The van der Waals surface area contributed by atoms with Crippen LogP contribution in [0.15, 0.2) is 11.1 Å². The minimum atomic E-state index is 0.883. The lowest BCUT2D eigenvalue weighted by Crippen LogP contribution is -2.36. The smallest absolute Gasteiger partial charge is 0.0266 e.